The van der Waals surface area contributed by atoms with Crippen LogP contribution in [0.5, 0.6) is 0 Å². The number of rotatable bonds is 38. The molecule has 0 amide bonds. The fourth-order valence-corrected chi connectivity index (χ4v) is 3.45. The minimum Gasteiger partial charge on any atom is -0.460 e. The standard InChI is InChI=1S/C35H70O14/c1-34(2,3)8-10-38-12-14-40-16-18-42-20-22-44-24-26-46-28-30-48-32-31-47-29-27-45-25-23-43-21-19-41-17-15-39-13-11-37-9-7-33(36)49-35(4,5)6/h7-32H2,1-6H3. The van der Waals surface area contributed by atoms with Gasteiger partial charge in [-0.25, -0.2) is 0 Å². The second kappa shape index (κ2) is 35.4. The number of hydrogen-bond acceptors (Lipinski definition) is 14. The molecule has 0 aliphatic heterocycles. The molecule has 0 saturated carbocycles. The molecule has 0 radical (unpaired) electrons. The Bertz CT molecular complexity index is 684. The molecule has 49 heavy (non-hydrogen) atoms. The highest BCUT2D eigenvalue weighted by molar-refractivity contribution is 5.69. The summed E-state index contributed by atoms with van der Waals surface area (Å²) in [6.45, 7) is 24.4. The lowest BCUT2D eigenvalue weighted by Gasteiger charge is -2.19. The zero-order valence-electron chi connectivity index (χ0n) is 31.6. The van der Waals surface area contributed by atoms with Crippen LogP contribution in [0, 0.1) is 5.41 Å². The Kier molecular flexibility index (Phi) is 34.7. The molecule has 0 bridgehead atoms. The van der Waals surface area contributed by atoms with Crippen molar-refractivity contribution in [2.45, 2.75) is 60.0 Å². The number of ether oxygens (including phenoxy) is 13. The molecule has 0 saturated heterocycles. The van der Waals surface area contributed by atoms with Gasteiger partial charge in [-0.2, -0.15) is 0 Å². The lowest BCUT2D eigenvalue weighted by molar-refractivity contribution is -0.156. The van der Waals surface area contributed by atoms with Gasteiger partial charge in [-0.15, -0.1) is 0 Å². The van der Waals surface area contributed by atoms with Crippen molar-refractivity contribution in [2.24, 2.45) is 5.41 Å². The number of hydrogen-bond donors (Lipinski definition) is 0. The molecule has 0 aliphatic rings. The topological polar surface area (TPSA) is 137 Å². The molecule has 0 aliphatic carbocycles. The summed E-state index contributed by atoms with van der Waals surface area (Å²) in [7, 11) is 0. The summed E-state index contributed by atoms with van der Waals surface area (Å²) in [5.74, 6) is -0.264. The molecule has 14 nitrogen and oxygen atoms in total. The predicted octanol–water partition coefficient (Wildman–Crippen LogP) is 3.35. The summed E-state index contributed by atoms with van der Waals surface area (Å²) < 4.78 is 70.9. The van der Waals surface area contributed by atoms with E-state index in [1.807, 2.05) is 20.8 Å². The van der Waals surface area contributed by atoms with Crippen LogP contribution in [-0.2, 0) is 66.4 Å². The quantitative estimate of drug-likeness (QED) is 0.0683. The summed E-state index contributed by atoms with van der Waals surface area (Å²) in [4.78, 5) is 11.6. The molecule has 0 fully saturated rings. The lowest BCUT2D eigenvalue weighted by atomic mass is 9.93. The number of carbonyl (C=O) groups excluding carboxylic acids is 1. The Labute approximate surface area is 296 Å². The fraction of sp³-hybridized carbons (Fsp3) is 0.971. The summed E-state index contributed by atoms with van der Waals surface area (Å²) in [5, 5.41) is 0. The zero-order chi connectivity index (χ0) is 36.2. The van der Waals surface area contributed by atoms with Crippen molar-refractivity contribution in [1.82, 2.24) is 0 Å². The second-order valence-electron chi connectivity index (χ2n) is 13.0. The minimum absolute atomic E-state index is 0.232. The van der Waals surface area contributed by atoms with Crippen LogP contribution < -0.4 is 0 Å². The smallest absolute Gasteiger partial charge is 0.308 e. The molecule has 0 N–H and O–H groups in total. The molecule has 0 aromatic rings. The molecule has 0 aromatic heterocycles. The first-order valence-corrected chi connectivity index (χ1v) is 17.7. The van der Waals surface area contributed by atoms with Gasteiger partial charge in [0.05, 0.1) is 158 Å². The number of carbonyl (C=O) groups is 1. The number of esters is 1. The Hall–Kier alpha value is -1.01. The first-order chi connectivity index (χ1) is 23.6. The second-order valence-corrected chi connectivity index (χ2v) is 13.0. The summed E-state index contributed by atoms with van der Waals surface area (Å²) in [5.41, 5.74) is -0.173. The van der Waals surface area contributed by atoms with Gasteiger partial charge in [0.15, 0.2) is 0 Å². The normalized spacial score (nSPS) is 12.2. The van der Waals surface area contributed by atoms with Crippen molar-refractivity contribution in [1.29, 1.82) is 0 Å². The van der Waals surface area contributed by atoms with Gasteiger partial charge >= 0.3 is 5.97 Å². The Balaban J connectivity index is 3.11. The highest BCUT2D eigenvalue weighted by Crippen LogP contribution is 2.17. The maximum absolute atomic E-state index is 11.6. The van der Waals surface area contributed by atoms with Crippen molar-refractivity contribution in [3.05, 3.63) is 0 Å². The van der Waals surface area contributed by atoms with Crippen LogP contribution in [-0.4, -0.2) is 170 Å². The molecule has 0 spiro atoms. The van der Waals surface area contributed by atoms with E-state index in [2.05, 4.69) is 20.8 Å². The maximum atomic E-state index is 11.6. The summed E-state index contributed by atoms with van der Waals surface area (Å²) in [6, 6.07) is 0. The third kappa shape index (κ3) is 45.0. The van der Waals surface area contributed by atoms with Crippen LogP contribution in [0.25, 0.3) is 0 Å². The fourth-order valence-electron chi connectivity index (χ4n) is 3.45. The van der Waals surface area contributed by atoms with Gasteiger partial charge in [0.25, 0.3) is 0 Å². The Morgan fingerprint density at radius 1 is 0.327 bits per heavy atom. The van der Waals surface area contributed by atoms with Crippen LogP contribution in [0.4, 0.5) is 0 Å². The zero-order valence-corrected chi connectivity index (χ0v) is 31.6. The molecular weight excluding hydrogens is 644 g/mol. The van der Waals surface area contributed by atoms with E-state index >= 15 is 0 Å². The highest BCUT2D eigenvalue weighted by atomic mass is 16.6. The molecular formula is C35H70O14. The van der Waals surface area contributed by atoms with Crippen LogP contribution in [0.2, 0.25) is 0 Å². The molecule has 294 valence electrons. The van der Waals surface area contributed by atoms with Crippen molar-refractivity contribution in [3.63, 3.8) is 0 Å². The summed E-state index contributed by atoms with van der Waals surface area (Å²) >= 11 is 0. The Morgan fingerprint density at radius 3 is 0.735 bits per heavy atom. The third-order valence-electron chi connectivity index (χ3n) is 5.96. The van der Waals surface area contributed by atoms with E-state index in [9.17, 15) is 4.79 Å². The molecule has 0 aromatic carbocycles. The molecule has 0 rings (SSSR count). The van der Waals surface area contributed by atoms with E-state index in [-0.39, 0.29) is 12.4 Å². The average molecular weight is 715 g/mol. The van der Waals surface area contributed by atoms with Crippen LogP contribution in [0.3, 0.4) is 0 Å². The van der Waals surface area contributed by atoms with Crippen molar-refractivity contribution < 1.29 is 66.4 Å². The van der Waals surface area contributed by atoms with E-state index in [1.165, 1.54) is 0 Å². The largest absolute Gasteiger partial charge is 0.460 e. The third-order valence-corrected chi connectivity index (χ3v) is 5.96. The highest BCUT2D eigenvalue weighted by Gasteiger charge is 2.15. The van der Waals surface area contributed by atoms with Gasteiger partial charge < -0.3 is 61.6 Å². The monoisotopic (exact) mass is 714 g/mol. The van der Waals surface area contributed by atoms with Gasteiger partial charge in [-0.1, -0.05) is 20.8 Å². The van der Waals surface area contributed by atoms with E-state index < -0.39 is 5.60 Å². The van der Waals surface area contributed by atoms with Gasteiger partial charge in [-0.05, 0) is 32.6 Å². The molecule has 14 heteroatoms. The average Bonchev–Trinajstić information content (AvgIpc) is 3.03. The van der Waals surface area contributed by atoms with E-state index in [0.717, 1.165) is 13.0 Å². The molecule has 0 atom stereocenters. The van der Waals surface area contributed by atoms with Crippen LogP contribution in [0.15, 0.2) is 0 Å². The van der Waals surface area contributed by atoms with E-state index in [1.54, 1.807) is 0 Å². The van der Waals surface area contributed by atoms with Crippen molar-refractivity contribution in [3.8, 4) is 0 Å². The first-order valence-electron chi connectivity index (χ1n) is 17.7. The van der Waals surface area contributed by atoms with Gasteiger partial charge in [-0.3, -0.25) is 4.79 Å². The maximum Gasteiger partial charge on any atom is 0.308 e. The van der Waals surface area contributed by atoms with Crippen LogP contribution in [0.1, 0.15) is 54.4 Å². The molecule has 0 unspecified atom stereocenters. The van der Waals surface area contributed by atoms with E-state index in [0.29, 0.717) is 157 Å². The lowest BCUT2D eigenvalue weighted by Crippen LogP contribution is -2.24. The molecule has 0 heterocycles. The first kappa shape index (κ1) is 48.0. The minimum atomic E-state index is -0.474. The summed E-state index contributed by atoms with van der Waals surface area (Å²) in [6.07, 6.45) is 1.27. The van der Waals surface area contributed by atoms with Crippen molar-refractivity contribution in [2.75, 3.05) is 159 Å². The van der Waals surface area contributed by atoms with Gasteiger partial charge in [0.2, 0.25) is 0 Å². The predicted molar refractivity (Wildman–Crippen MR) is 184 cm³/mol. The van der Waals surface area contributed by atoms with Gasteiger partial charge in [0, 0.05) is 6.61 Å². The van der Waals surface area contributed by atoms with E-state index in [4.69, 9.17) is 61.6 Å². The van der Waals surface area contributed by atoms with Crippen molar-refractivity contribution >= 4 is 5.97 Å². The van der Waals surface area contributed by atoms with Gasteiger partial charge in [0.1, 0.15) is 5.60 Å². The Morgan fingerprint density at radius 2 is 0.531 bits per heavy atom. The van der Waals surface area contributed by atoms with Crippen LogP contribution >= 0.6 is 0 Å². The SMILES string of the molecule is CC(C)(C)CCOCCOCCOCCOCCOCCOCCOCCOCCOCCOCCOCCOCCC(=O)OC(C)(C)C.